The van der Waals surface area contributed by atoms with Crippen LogP contribution in [0.4, 0.5) is 0 Å². The lowest BCUT2D eigenvalue weighted by atomic mass is 10.2. The van der Waals surface area contributed by atoms with E-state index in [2.05, 4.69) is 11.0 Å². The molecule has 0 aliphatic rings. The van der Waals surface area contributed by atoms with Crippen molar-refractivity contribution >= 4 is 10.9 Å². The molecule has 1 heterocycles. The molecule has 0 unspecified atom stereocenters. The first kappa shape index (κ1) is 10.4. The highest BCUT2D eigenvalue weighted by atomic mass is 16.4. The summed E-state index contributed by atoms with van der Waals surface area (Å²) in [6.07, 6.45) is 2.37. The van der Waals surface area contributed by atoms with Gasteiger partial charge in [0.05, 0.1) is 10.9 Å². The number of para-hydroxylation sites is 1. The lowest BCUT2D eigenvalue weighted by Crippen LogP contribution is -2.24. The van der Waals surface area contributed by atoms with Gasteiger partial charge in [0, 0.05) is 6.54 Å². The van der Waals surface area contributed by atoms with Crippen molar-refractivity contribution in [3.8, 4) is 0 Å². The van der Waals surface area contributed by atoms with Crippen molar-refractivity contribution in [2.24, 2.45) is 0 Å². The predicted molar refractivity (Wildman–Crippen MR) is 61.6 cm³/mol. The van der Waals surface area contributed by atoms with E-state index in [1.165, 1.54) is 4.57 Å². The van der Waals surface area contributed by atoms with Crippen LogP contribution in [0.15, 0.2) is 50.9 Å². The molecule has 0 N–H and O–H groups in total. The fraction of sp³-hybridized carbons (Fsp3) is 0.167. The Morgan fingerprint density at radius 2 is 2.06 bits per heavy atom. The van der Waals surface area contributed by atoms with E-state index in [4.69, 9.17) is 0 Å². The molecule has 2 aromatic rings. The maximum atomic E-state index is 11.5. The number of hydrogen-bond acceptors (Lipinski definition) is 3. The third-order valence-corrected chi connectivity index (χ3v) is 2.37. The summed E-state index contributed by atoms with van der Waals surface area (Å²) in [5.41, 5.74) is 0.0149. The van der Waals surface area contributed by atoms with Gasteiger partial charge in [0.1, 0.15) is 0 Å². The fourth-order valence-electron chi connectivity index (χ4n) is 1.60. The minimum atomic E-state index is -0.620. The standard InChI is InChI=1S/C12H11NO3/c1-2-3-8-13-10-7-5-4-6-9(10)11(14)16-12(13)15/h2,4-7H,1,3,8H2. The Bertz CT molecular complexity index is 636. The van der Waals surface area contributed by atoms with E-state index < -0.39 is 11.4 Å². The van der Waals surface area contributed by atoms with Gasteiger partial charge in [-0.15, -0.1) is 6.58 Å². The Balaban J connectivity index is 2.76. The van der Waals surface area contributed by atoms with Crippen LogP contribution in [0.5, 0.6) is 0 Å². The van der Waals surface area contributed by atoms with Crippen molar-refractivity contribution in [1.29, 1.82) is 0 Å². The van der Waals surface area contributed by atoms with Crippen LogP contribution in [-0.2, 0) is 6.54 Å². The largest absolute Gasteiger partial charge is 0.422 e. The van der Waals surface area contributed by atoms with E-state index in [0.717, 1.165) is 0 Å². The van der Waals surface area contributed by atoms with Crippen molar-refractivity contribution in [3.63, 3.8) is 0 Å². The summed E-state index contributed by atoms with van der Waals surface area (Å²) in [5.74, 6) is -0.620. The van der Waals surface area contributed by atoms with Crippen molar-refractivity contribution in [1.82, 2.24) is 4.57 Å². The number of benzene rings is 1. The molecule has 0 saturated heterocycles. The third-order valence-electron chi connectivity index (χ3n) is 2.37. The predicted octanol–water partition coefficient (Wildman–Crippen LogP) is 1.53. The summed E-state index contributed by atoms with van der Waals surface area (Å²) >= 11 is 0. The van der Waals surface area contributed by atoms with E-state index in [9.17, 15) is 9.59 Å². The van der Waals surface area contributed by atoms with Crippen LogP contribution in [-0.4, -0.2) is 4.57 Å². The van der Waals surface area contributed by atoms with Gasteiger partial charge in [0.2, 0.25) is 0 Å². The second kappa shape index (κ2) is 4.18. The number of hydrogen-bond donors (Lipinski definition) is 0. The van der Waals surface area contributed by atoms with E-state index in [1.54, 1.807) is 30.3 Å². The summed E-state index contributed by atoms with van der Waals surface area (Å²) in [4.78, 5) is 22.9. The van der Waals surface area contributed by atoms with E-state index in [1.807, 2.05) is 0 Å². The maximum absolute atomic E-state index is 11.5. The Labute approximate surface area is 91.4 Å². The molecule has 4 heteroatoms. The SMILES string of the molecule is C=CCCn1c(=O)oc(=O)c2ccccc21. The van der Waals surface area contributed by atoms with Gasteiger partial charge in [-0.25, -0.2) is 9.59 Å². The zero-order valence-electron chi connectivity index (χ0n) is 8.68. The topological polar surface area (TPSA) is 52.2 Å². The van der Waals surface area contributed by atoms with Crippen LogP contribution in [0.3, 0.4) is 0 Å². The van der Waals surface area contributed by atoms with Gasteiger partial charge >= 0.3 is 11.4 Å². The van der Waals surface area contributed by atoms with Crippen LogP contribution < -0.4 is 11.4 Å². The van der Waals surface area contributed by atoms with Crippen molar-refractivity contribution in [2.75, 3.05) is 0 Å². The second-order valence-electron chi connectivity index (χ2n) is 3.40. The van der Waals surface area contributed by atoms with Crippen LogP contribution in [0, 0.1) is 0 Å². The lowest BCUT2D eigenvalue weighted by Gasteiger charge is -2.05. The van der Waals surface area contributed by atoms with Gasteiger partial charge in [0.15, 0.2) is 0 Å². The summed E-state index contributed by atoms with van der Waals surface area (Å²) in [5, 5.41) is 0.422. The molecular formula is C12H11NO3. The zero-order chi connectivity index (χ0) is 11.5. The molecule has 0 aliphatic carbocycles. The minimum absolute atomic E-state index is 0.422. The molecule has 0 fully saturated rings. The number of nitrogens with zero attached hydrogens (tertiary/aromatic N) is 1. The molecule has 1 aromatic carbocycles. The van der Waals surface area contributed by atoms with Gasteiger partial charge in [-0.3, -0.25) is 4.57 Å². The van der Waals surface area contributed by atoms with Crippen molar-refractivity contribution < 1.29 is 4.42 Å². The van der Waals surface area contributed by atoms with Crippen LogP contribution in [0.2, 0.25) is 0 Å². The Hall–Kier alpha value is -2.10. The molecule has 16 heavy (non-hydrogen) atoms. The van der Waals surface area contributed by atoms with Crippen molar-refractivity contribution in [3.05, 3.63) is 57.9 Å². The zero-order valence-corrected chi connectivity index (χ0v) is 8.68. The van der Waals surface area contributed by atoms with Gasteiger partial charge in [0.25, 0.3) is 0 Å². The average molecular weight is 217 g/mol. The van der Waals surface area contributed by atoms with Crippen LogP contribution in [0.1, 0.15) is 6.42 Å². The first-order valence-electron chi connectivity index (χ1n) is 4.97. The number of rotatable bonds is 3. The van der Waals surface area contributed by atoms with Gasteiger partial charge < -0.3 is 4.42 Å². The second-order valence-corrected chi connectivity index (χ2v) is 3.40. The summed E-state index contributed by atoms with van der Waals surface area (Å²) < 4.78 is 6.08. The Morgan fingerprint density at radius 1 is 1.31 bits per heavy atom. The molecule has 0 saturated carbocycles. The van der Waals surface area contributed by atoms with E-state index in [-0.39, 0.29) is 0 Å². The normalized spacial score (nSPS) is 10.5. The van der Waals surface area contributed by atoms with Crippen molar-refractivity contribution in [2.45, 2.75) is 13.0 Å². The fourth-order valence-corrected chi connectivity index (χ4v) is 1.60. The third kappa shape index (κ3) is 1.69. The van der Waals surface area contributed by atoms with E-state index in [0.29, 0.717) is 23.9 Å². The maximum Gasteiger partial charge on any atom is 0.422 e. The number of aryl methyl sites for hydroxylation is 1. The minimum Gasteiger partial charge on any atom is -0.372 e. The summed E-state index contributed by atoms with van der Waals surface area (Å²) in [6.45, 7) is 4.06. The molecule has 82 valence electrons. The summed E-state index contributed by atoms with van der Waals surface area (Å²) in [7, 11) is 0. The number of fused-ring (bicyclic) bond motifs is 1. The molecule has 0 aliphatic heterocycles. The lowest BCUT2D eigenvalue weighted by molar-refractivity contribution is 0.417. The monoisotopic (exact) mass is 217 g/mol. The smallest absolute Gasteiger partial charge is 0.372 e. The number of aromatic nitrogens is 1. The molecule has 0 bridgehead atoms. The quantitative estimate of drug-likeness (QED) is 0.732. The summed E-state index contributed by atoms with van der Waals surface area (Å²) in [6, 6.07) is 6.90. The van der Waals surface area contributed by atoms with E-state index >= 15 is 0 Å². The van der Waals surface area contributed by atoms with Gasteiger partial charge in [-0.1, -0.05) is 18.2 Å². The highest BCUT2D eigenvalue weighted by molar-refractivity contribution is 5.77. The molecule has 0 atom stereocenters. The Kier molecular flexibility index (Phi) is 2.72. The van der Waals surface area contributed by atoms with Gasteiger partial charge in [-0.2, -0.15) is 0 Å². The molecule has 0 spiro atoms. The number of allylic oxidation sites excluding steroid dienone is 1. The highest BCUT2D eigenvalue weighted by Gasteiger charge is 2.07. The average Bonchev–Trinajstić information content (AvgIpc) is 2.29. The van der Waals surface area contributed by atoms with Gasteiger partial charge in [-0.05, 0) is 18.6 Å². The van der Waals surface area contributed by atoms with Crippen LogP contribution in [0.25, 0.3) is 10.9 Å². The first-order valence-corrected chi connectivity index (χ1v) is 4.97. The molecule has 0 radical (unpaired) electrons. The molecular weight excluding hydrogens is 206 g/mol. The first-order chi connectivity index (χ1) is 7.74. The highest BCUT2D eigenvalue weighted by Crippen LogP contribution is 2.07. The Morgan fingerprint density at radius 3 is 2.81 bits per heavy atom. The molecule has 2 rings (SSSR count). The molecule has 1 aromatic heterocycles. The molecule has 0 amide bonds. The molecule has 4 nitrogen and oxygen atoms in total. The van der Waals surface area contributed by atoms with Crippen LogP contribution >= 0.6 is 0 Å².